The summed E-state index contributed by atoms with van der Waals surface area (Å²) in [4.78, 5) is 20.0. The van der Waals surface area contributed by atoms with Crippen LogP contribution in [0.4, 0.5) is 5.69 Å². The second-order valence-electron chi connectivity index (χ2n) is 4.10. The number of aliphatic hydroxyl groups excluding tert-OH is 1. The highest BCUT2D eigenvalue weighted by Crippen LogP contribution is 2.09. The van der Waals surface area contributed by atoms with Gasteiger partial charge in [0.1, 0.15) is 12.3 Å². The molecule has 2 aromatic heterocycles. The summed E-state index contributed by atoms with van der Waals surface area (Å²) in [5, 5.41) is 11.3. The van der Waals surface area contributed by atoms with Crippen molar-refractivity contribution in [3.63, 3.8) is 0 Å². The predicted octanol–water partition coefficient (Wildman–Crippen LogP) is 1.38. The van der Waals surface area contributed by atoms with Crippen LogP contribution >= 0.6 is 0 Å². The van der Waals surface area contributed by atoms with Crippen LogP contribution in [-0.4, -0.2) is 27.6 Å². The molecule has 0 radical (unpaired) electrons. The zero-order chi connectivity index (χ0) is 14.4. The fourth-order valence-corrected chi connectivity index (χ4v) is 1.56. The van der Waals surface area contributed by atoms with E-state index in [1.807, 2.05) is 13.0 Å². The molecular formula is C15H13N3O2. The van der Waals surface area contributed by atoms with Crippen LogP contribution in [0.2, 0.25) is 0 Å². The smallest absolute Gasteiger partial charge is 0.274 e. The summed E-state index contributed by atoms with van der Waals surface area (Å²) in [7, 11) is 0. The predicted molar refractivity (Wildman–Crippen MR) is 75.1 cm³/mol. The van der Waals surface area contributed by atoms with E-state index in [4.69, 9.17) is 5.11 Å². The zero-order valence-corrected chi connectivity index (χ0v) is 10.9. The van der Waals surface area contributed by atoms with Gasteiger partial charge in [-0.15, -0.1) is 0 Å². The van der Waals surface area contributed by atoms with Crippen molar-refractivity contribution in [3.05, 3.63) is 53.6 Å². The topological polar surface area (TPSA) is 75.1 Å². The van der Waals surface area contributed by atoms with Crippen LogP contribution in [0.25, 0.3) is 0 Å². The molecule has 0 aliphatic rings. The SMILES string of the molecule is Cc1cncc(NC(=O)c2ccc(C#CCO)cn2)c1. The molecule has 0 fully saturated rings. The normalized spacial score (nSPS) is 9.50. The Labute approximate surface area is 116 Å². The lowest BCUT2D eigenvalue weighted by atomic mass is 10.2. The molecule has 0 aliphatic heterocycles. The second kappa shape index (κ2) is 6.45. The van der Waals surface area contributed by atoms with Crippen LogP contribution in [0, 0.1) is 18.8 Å². The molecule has 0 saturated heterocycles. The molecule has 0 aliphatic carbocycles. The van der Waals surface area contributed by atoms with Gasteiger partial charge in [0.2, 0.25) is 0 Å². The van der Waals surface area contributed by atoms with Crippen LogP contribution in [0.3, 0.4) is 0 Å². The molecule has 5 nitrogen and oxygen atoms in total. The summed E-state index contributed by atoms with van der Waals surface area (Å²) in [5.41, 5.74) is 2.53. The number of aryl methyl sites for hydroxylation is 1. The number of carbonyl (C=O) groups is 1. The Bertz CT molecular complexity index is 670. The Morgan fingerprint density at radius 2 is 2.20 bits per heavy atom. The number of nitrogens with zero attached hydrogens (tertiary/aromatic N) is 2. The lowest BCUT2D eigenvalue weighted by molar-refractivity contribution is 0.102. The number of amides is 1. The molecule has 2 N–H and O–H groups in total. The number of aliphatic hydroxyl groups is 1. The molecule has 5 heteroatoms. The Morgan fingerprint density at radius 1 is 1.35 bits per heavy atom. The van der Waals surface area contributed by atoms with E-state index < -0.39 is 0 Å². The maximum Gasteiger partial charge on any atom is 0.274 e. The summed E-state index contributed by atoms with van der Waals surface area (Å²) in [5.74, 6) is 4.92. The first-order chi connectivity index (χ1) is 9.69. The summed E-state index contributed by atoms with van der Waals surface area (Å²) in [6, 6.07) is 5.09. The minimum atomic E-state index is -0.306. The fourth-order valence-electron chi connectivity index (χ4n) is 1.56. The van der Waals surface area contributed by atoms with Gasteiger partial charge >= 0.3 is 0 Å². The molecule has 1 amide bonds. The van der Waals surface area contributed by atoms with E-state index in [1.54, 1.807) is 24.5 Å². The minimum absolute atomic E-state index is 0.206. The van der Waals surface area contributed by atoms with E-state index in [0.29, 0.717) is 16.9 Å². The second-order valence-corrected chi connectivity index (χ2v) is 4.10. The van der Waals surface area contributed by atoms with Crippen molar-refractivity contribution in [3.8, 4) is 11.8 Å². The van der Waals surface area contributed by atoms with Gasteiger partial charge in [-0.05, 0) is 30.7 Å². The lowest BCUT2D eigenvalue weighted by Gasteiger charge is -2.04. The number of pyridine rings is 2. The Hall–Kier alpha value is -2.71. The highest BCUT2D eigenvalue weighted by molar-refractivity contribution is 6.02. The molecule has 0 atom stereocenters. The van der Waals surface area contributed by atoms with Crippen molar-refractivity contribution in [2.45, 2.75) is 6.92 Å². The van der Waals surface area contributed by atoms with E-state index in [-0.39, 0.29) is 12.5 Å². The largest absolute Gasteiger partial charge is 0.384 e. The highest BCUT2D eigenvalue weighted by Gasteiger charge is 2.07. The van der Waals surface area contributed by atoms with Crippen molar-refractivity contribution in [1.82, 2.24) is 9.97 Å². The van der Waals surface area contributed by atoms with Crippen molar-refractivity contribution in [2.75, 3.05) is 11.9 Å². The Morgan fingerprint density at radius 3 is 2.85 bits per heavy atom. The van der Waals surface area contributed by atoms with E-state index in [1.165, 1.54) is 6.20 Å². The van der Waals surface area contributed by atoms with Gasteiger partial charge < -0.3 is 10.4 Å². The van der Waals surface area contributed by atoms with Crippen molar-refractivity contribution in [1.29, 1.82) is 0 Å². The molecule has 0 aromatic carbocycles. The van der Waals surface area contributed by atoms with E-state index >= 15 is 0 Å². The highest BCUT2D eigenvalue weighted by atomic mass is 16.2. The maximum absolute atomic E-state index is 12.0. The number of hydrogen-bond acceptors (Lipinski definition) is 4. The molecule has 0 bridgehead atoms. The maximum atomic E-state index is 12.0. The standard InChI is InChI=1S/C15H13N3O2/c1-11-7-13(10-16-8-11)18-15(20)14-5-4-12(9-17-14)3-2-6-19/h4-5,7-10,19H,6H2,1H3,(H,18,20). The number of nitrogens with one attached hydrogen (secondary N) is 1. The lowest BCUT2D eigenvalue weighted by Crippen LogP contribution is -2.13. The Balaban J connectivity index is 2.09. The van der Waals surface area contributed by atoms with Crippen LogP contribution in [0.15, 0.2) is 36.8 Å². The average Bonchev–Trinajstić information content (AvgIpc) is 2.45. The van der Waals surface area contributed by atoms with E-state index in [0.717, 1.165) is 5.56 Å². The number of carbonyl (C=O) groups excluding carboxylic acids is 1. The molecule has 20 heavy (non-hydrogen) atoms. The molecule has 0 spiro atoms. The number of rotatable bonds is 2. The monoisotopic (exact) mass is 267 g/mol. The van der Waals surface area contributed by atoms with Crippen LogP contribution < -0.4 is 5.32 Å². The van der Waals surface area contributed by atoms with Crippen molar-refractivity contribution in [2.24, 2.45) is 0 Å². The van der Waals surface area contributed by atoms with Gasteiger partial charge in [0.25, 0.3) is 5.91 Å². The van der Waals surface area contributed by atoms with E-state index in [2.05, 4.69) is 27.1 Å². The van der Waals surface area contributed by atoms with Crippen LogP contribution in [0.5, 0.6) is 0 Å². The van der Waals surface area contributed by atoms with Crippen molar-refractivity contribution < 1.29 is 9.90 Å². The van der Waals surface area contributed by atoms with Crippen LogP contribution in [-0.2, 0) is 0 Å². The first-order valence-corrected chi connectivity index (χ1v) is 5.98. The molecule has 0 saturated carbocycles. The third-order valence-electron chi connectivity index (χ3n) is 2.44. The van der Waals surface area contributed by atoms with Gasteiger partial charge in [-0.1, -0.05) is 11.8 Å². The summed E-state index contributed by atoms with van der Waals surface area (Å²) < 4.78 is 0. The molecule has 100 valence electrons. The minimum Gasteiger partial charge on any atom is -0.384 e. The third-order valence-corrected chi connectivity index (χ3v) is 2.44. The first kappa shape index (κ1) is 13.7. The third kappa shape index (κ3) is 3.64. The quantitative estimate of drug-likeness (QED) is 0.806. The summed E-state index contributed by atoms with van der Waals surface area (Å²) >= 11 is 0. The van der Waals surface area contributed by atoms with Gasteiger partial charge in [-0.2, -0.15) is 0 Å². The number of anilines is 1. The van der Waals surface area contributed by atoms with Gasteiger partial charge in [-0.25, -0.2) is 4.98 Å². The molecular weight excluding hydrogens is 254 g/mol. The van der Waals surface area contributed by atoms with E-state index in [9.17, 15) is 4.79 Å². The van der Waals surface area contributed by atoms with Gasteiger partial charge in [0, 0.05) is 18.0 Å². The Kier molecular flexibility index (Phi) is 4.43. The first-order valence-electron chi connectivity index (χ1n) is 5.98. The molecule has 2 aromatic rings. The van der Waals surface area contributed by atoms with Gasteiger partial charge in [-0.3, -0.25) is 9.78 Å². The number of aromatic nitrogens is 2. The van der Waals surface area contributed by atoms with Gasteiger partial charge in [0.05, 0.1) is 11.9 Å². The molecule has 2 rings (SSSR count). The zero-order valence-electron chi connectivity index (χ0n) is 10.9. The van der Waals surface area contributed by atoms with Gasteiger partial charge in [0.15, 0.2) is 0 Å². The molecule has 2 heterocycles. The van der Waals surface area contributed by atoms with Crippen LogP contribution in [0.1, 0.15) is 21.6 Å². The average molecular weight is 267 g/mol. The molecule has 0 unspecified atom stereocenters. The fraction of sp³-hybridized carbons (Fsp3) is 0.133. The summed E-state index contributed by atoms with van der Waals surface area (Å²) in [6.45, 7) is 1.69. The number of hydrogen-bond donors (Lipinski definition) is 2. The van der Waals surface area contributed by atoms with Crippen molar-refractivity contribution >= 4 is 11.6 Å². The summed E-state index contributed by atoms with van der Waals surface area (Å²) in [6.07, 6.45) is 4.78.